The number of halogens is 1. The van der Waals surface area contributed by atoms with Crippen LogP contribution in [0, 0.1) is 19.7 Å². The molecule has 0 aliphatic heterocycles. The van der Waals surface area contributed by atoms with Crippen LogP contribution in [0.15, 0.2) is 309 Å². The summed E-state index contributed by atoms with van der Waals surface area (Å²) in [6, 6.07) is 96.3. The van der Waals surface area contributed by atoms with Crippen LogP contribution >= 0.6 is 0 Å². The lowest BCUT2D eigenvalue weighted by molar-refractivity contribution is 0.472. The second kappa shape index (κ2) is 46.0. The molecule has 0 amide bonds. The molecular formula is C98H108FNO9. The van der Waals surface area contributed by atoms with Crippen molar-refractivity contribution >= 4 is 38.0 Å². The molecule has 566 valence electrons. The molecule has 0 atom stereocenters. The highest BCUT2D eigenvalue weighted by Gasteiger charge is 2.10. The highest BCUT2D eigenvalue weighted by Crippen LogP contribution is 2.29. The van der Waals surface area contributed by atoms with Crippen LogP contribution in [0.3, 0.4) is 0 Å². The van der Waals surface area contributed by atoms with Crippen LogP contribution in [0.4, 0.5) is 10.1 Å². The number of rotatable bonds is 13. The van der Waals surface area contributed by atoms with E-state index in [2.05, 4.69) is 151 Å². The highest BCUT2D eigenvalue weighted by atomic mass is 19.1. The summed E-state index contributed by atoms with van der Waals surface area (Å²) in [6.07, 6.45) is 6.36. The molecule has 14 aromatic rings. The van der Waals surface area contributed by atoms with E-state index in [1.54, 1.807) is 72.8 Å². The molecule has 0 aliphatic rings. The first-order valence-electron chi connectivity index (χ1n) is 37.2. The largest absolute Gasteiger partial charge is 0.508 e. The summed E-state index contributed by atoms with van der Waals surface area (Å²) in [7, 11) is 0. The average molecular weight is 1460 g/mol. The molecule has 9 N–H and O–H groups in total. The van der Waals surface area contributed by atoms with Gasteiger partial charge in [0.2, 0.25) is 0 Å². The summed E-state index contributed by atoms with van der Waals surface area (Å²) in [4.78, 5) is 2.31. The maximum Gasteiger partial charge on any atom is 0.123 e. The van der Waals surface area contributed by atoms with E-state index in [0.717, 1.165) is 90.0 Å². The first kappa shape index (κ1) is 85.7. The van der Waals surface area contributed by atoms with E-state index >= 15 is 0 Å². The SMILES string of the molecule is CC(C)c1cc(O)cc(C(C)C)c1.CCCc1cc(O)cc(CCC)c1.CCc1cc(O)cc(CC)c1.Cc1cc(C)cc(O)c1.Oc1ccc(F)cc1.Oc1ccc(N(Cc2ccccc2)Cc2ccccc2)cc1.Oc1ccc2cc3ccccc3cc2c1.Oc1ccc2ccccc2c1.Oc1ccccc1. The topological polar surface area (TPSA) is 185 Å². The second-order valence-corrected chi connectivity index (χ2v) is 27.2. The van der Waals surface area contributed by atoms with Crippen molar-refractivity contribution in [3.8, 4) is 51.7 Å². The standard InChI is InChI=1S/C20H19NO.C14H10O.2C12H18O.C10H8O.C10H14O.C8H10O.C6H5FO.C6H6O/c22-20-13-11-19(12-14-20)21(15-17-7-3-1-4-8-17)16-18-9-5-2-6-10-18;15-14-6-5-12-7-10-3-1-2-4-11(10)8-13(12)9-14;1-8(2)10-5-11(9(3)4)7-12(13)6-10;1-3-5-10-7-11(6-4-2)9-12(13)8-10;11-10-6-5-8-3-1-2-4-9(8)7-10;1-3-8-5-9(4-2)7-10(11)6-8;1-6-3-7(2)5-8(9)4-6;7-5-1-3-6(8)4-2-5;7-6-4-2-1-3-5-6/h1-14,22H,15-16H2;1-9,15H;5-9,13H,1-4H3;7-9,13H,3-6H2,1-2H3;1-7,11H;5-7,11H,3-4H2,1-2H3;3-5,9H,1-2H3;1-4,8H;1-5,7H. The van der Waals surface area contributed by atoms with E-state index in [1.807, 2.05) is 135 Å². The molecule has 0 heterocycles. The fraction of sp³-hybridized carbons (Fsp3) is 0.204. The quantitative estimate of drug-likeness (QED) is 0.0503. The Balaban J connectivity index is 0.000000195. The van der Waals surface area contributed by atoms with Crippen LogP contribution < -0.4 is 4.90 Å². The third-order valence-electron chi connectivity index (χ3n) is 17.1. The summed E-state index contributed by atoms with van der Waals surface area (Å²) >= 11 is 0. The molecule has 0 aliphatic carbocycles. The zero-order valence-electron chi connectivity index (χ0n) is 64.6. The number of hydrogen-bond acceptors (Lipinski definition) is 10. The average Bonchev–Trinajstić information content (AvgIpc) is 0.816. The Morgan fingerprint density at radius 3 is 1.00 bits per heavy atom. The third kappa shape index (κ3) is 32.2. The van der Waals surface area contributed by atoms with E-state index in [0.29, 0.717) is 57.8 Å². The van der Waals surface area contributed by atoms with Crippen molar-refractivity contribution in [3.63, 3.8) is 0 Å². The summed E-state index contributed by atoms with van der Waals surface area (Å²) in [5, 5.41) is 89.3. The lowest BCUT2D eigenvalue weighted by Crippen LogP contribution is -2.21. The molecule has 0 unspecified atom stereocenters. The van der Waals surface area contributed by atoms with Gasteiger partial charge in [0.25, 0.3) is 0 Å². The van der Waals surface area contributed by atoms with Gasteiger partial charge in [-0.15, -0.1) is 0 Å². The zero-order chi connectivity index (χ0) is 79.0. The monoisotopic (exact) mass is 1460 g/mol. The Morgan fingerprint density at radius 2 is 0.596 bits per heavy atom. The lowest BCUT2D eigenvalue weighted by atomic mass is 9.95. The minimum absolute atomic E-state index is 0.0893. The number of phenols is 9. The first-order chi connectivity index (χ1) is 52.4. The number of benzene rings is 14. The zero-order valence-corrected chi connectivity index (χ0v) is 64.6. The minimum atomic E-state index is -0.331. The predicted octanol–water partition coefficient (Wildman–Crippen LogP) is 25.2. The molecule has 0 radical (unpaired) electrons. The van der Waals surface area contributed by atoms with E-state index in [9.17, 15) is 29.9 Å². The number of phenolic OH excluding ortho intramolecular Hbond substituents is 9. The number of aromatic hydroxyl groups is 9. The Labute approximate surface area is 644 Å². The molecule has 10 nitrogen and oxygen atoms in total. The molecule has 14 aromatic carbocycles. The fourth-order valence-corrected chi connectivity index (χ4v) is 11.5. The van der Waals surface area contributed by atoms with Crippen LogP contribution in [0.1, 0.15) is 136 Å². The van der Waals surface area contributed by atoms with Gasteiger partial charge in [0, 0.05) is 18.8 Å². The Bertz CT molecular complexity index is 4750. The van der Waals surface area contributed by atoms with Gasteiger partial charge in [-0.2, -0.15) is 0 Å². The number of aryl methyl sites for hydroxylation is 6. The van der Waals surface area contributed by atoms with Crippen LogP contribution in [0.5, 0.6) is 51.7 Å². The van der Waals surface area contributed by atoms with Crippen molar-refractivity contribution in [2.75, 3.05) is 4.90 Å². The molecular weight excluding hydrogens is 1350 g/mol. The Kier molecular flexibility index (Phi) is 36.2. The maximum atomic E-state index is 12.0. The molecule has 14 rings (SSSR count). The molecule has 11 heteroatoms. The van der Waals surface area contributed by atoms with Crippen molar-refractivity contribution < 1.29 is 50.3 Å². The number of nitrogens with zero attached hydrogens (tertiary/aromatic N) is 1. The molecule has 0 fully saturated rings. The fourth-order valence-electron chi connectivity index (χ4n) is 11.5. The van der Waals surface area contributed by atoms with E-state index in [1.165, 1.54) is 79.5 Å². The number of anilines is 1. The van der Waals surface area contributed by atoms with Crippen molar-refractivity contribution in [3.05, 3.63) is 371 Å². The van der Waals surface area contributed by atoms with Crippen molar-refractivity contribution in [1.29, 1.82) is 0 Å². The molecule has 0 aromatic heterocycles. The molecule has 109 heavy (non-hydrogen) atoms. The number of hydrogen-bond donors (Lipinski definition) is 9. The van der Waals surface area contributed by atoms with Crippen LogP contribution in [0.2, 0.25) is 0 Å². The van der Waals surface area contributed by atoms with Gasteiger partial charge in [0.15, 0.2) is 0 Å². The van der Waals surface area contributed by atoms with Crippen LogP contribution in [-0.4, -0.2) is 46.0 Å². The molecule has 0 saturated carbocycles. The molecule has 0 bridgehead atoms. The van der Waals surface area contributed by atoms with Crippen molar-refractivity contribution in [1.82, 2.24) is 0 Å². The highest BCUT2D eigenvalue weighted by molar-refractivity contribution is 5.98. The minimum Gasteiger partial charge on any atom is -0.508 e. The molecule has 0 saturated heterocycles. The van der Waals surface area contributed by atoms with Crippen molar-refractivity contribution in [2.45, 2.75) is 133 Å². The van der Waals surface area contributed by atoms with Gasteiger partial charge in [-0.25, -0.2) is 4.39 Å². The van der Waals surface area contributed by atoms with Gasteiger partial charge in [0.1, 0.15) is 57.6 Å². The van der Waals surface area contributed by atoms with Gasteiger partial charge in [-0.3, -0.25) is 0 Å². The lowest BCUT2D eigenvalue weighted by Gasteiger charge is -2.25. The van der Waals surface area contributed by atoms with Crippen LogP contribution in [0.25, 0.3) is 32.3 Å². The van der Waals surface area contributed by atoms with Gasteiger partial charge < -0.3 is 50.9 Å². The summed E-state index contributed by atoms with van der Waals surface area (Å²) in [5.74, 6) is 3.51. The van der Waals surface area contributed by atoms with Crippen molar-refractivity contribution in [2.24, 2.45) is 0 Å². The van der Waals surface area contributed by atoms with Gasteiger partial charge >= 0.3 is 0 Å². The second-order valence-electron chi connectivity index (χ2n) is 27.2. The van der Waals surface area contributed by atoms with Gasteiger partial charge in [-0.1, -0.05) is 232 Å². The van der Waals surface area contributed by atoms with Crippen LogP contribution in [-0.2, 0) is 38.8 Å². The number of fused-ring (bicyclic) bond motifs is 3. The van der Waals surface area contributed by atoms with Gasteiger partial charge in [-0.05, 0) is 285 Å². The Hall–Kier alpha value is -12.2. The van der Waals surface area contributed by atoms with Gasteiger partial charge in [0.05, 0.1) is 0 Å². The van der Waals surface area contributed by atoms with E-state index in [4.69, 9.17) is 20.4 Å². The smallest absolute Gasteiger partial charge is 0.123 e. The normalized spacial score (nSPS) is 10.2. The van der Waals surface area contributed by atoms with E-state index in [-0.39, 0.29) is 11.6 Å². The first-order valence-corrected chi connectivity index (χ1v) is 37.2. The predicted molar refractivity (Wildman–Crippen MR) is 453 cm³/mol. The number of para-hydroxylation sites is 1. The maximum absolute atomic E-state index is 12.0. The summed E-state index contributed by atoms with van der Waals surface area (Å²) in [5.41, 5.74) is 13.2. The Morgan fingerprint density at radius 1 is 0.266 bits per heavy atom. The summed E-state index contributed by atoms with van der Waals surface area (Å²) in [6.45, 7) is 22.6. The summed E-state index contributed by atoms with van der Waals surface area (Å²) < 4.78 is 12.0. The third-order valence-corrected chi connectivity index (χ3v) is 17.1. The van der Waals surface area contributed by atoms with E-state index < -0.39 is 0 Å². The molecule has 0 spiro atoms.